The first-order chi connectivity index (χ1) is 15.4. The largest absolute Gasteiger partial charge is 0.497 e. The molecule has 0 aliphatic heterocycles. The Morgan fingerprint density at radius 1 is 1.03 bits per heavy atom. The van der Waals surface area contributed by atoms with Crippen LogP contribution >= 0.6 is 0 Å². The molecule has 4 aromatic rings. The number of amides is 1. The van der Waals surface area contributed by atoms with Crippen LogP contribution in [0.5, 0.6) is 5.75 Å². The number of nitrogens with one attached hydrogen (secondary N) is 1. The number of hydrogen-bond donors (Lipinski definition) is 1. The summed E-state index contributed by atoms with van der Waals surface area (Å²) in [6, 6.07) is 19.8. The SMILES string of the molecule is COc1ccc(NC(=O)CS(=O)(=O)c2cn(Cc3cccc(F)c3)c3ccccc23)cc1. The van der Waals surface area contributed by atoms with Gasteiger partial charge in [-0.1, -0.05) is 30.3 Å². The second-order valence-corrected chi connectivity index (χ2v) is 9.26. The molecule has 4 rings (SSSR count). The van der Waals surface area contributed by atoms with Gasteiger partial charge in [-0.3, -0.25) is 4.79 Å². The monoisotopic (exact) mass is 452 g/mol. The van der Waals surface area contributed by atoms with Gasteiger partial charge in [0.05, 0.1) is 12.0 Å². The lowest BCUT2D eigenvalue weighted by Gasteiger charge is -2.07. The standard InChI is InChI=1S/C24H21FN2O4S/c1-31-20-11-9-19(10-12-20)26-24(28)16-32(29,30)23-15-27(22-8-3-2-7-21(22)23)14-17-5-4-6-18(25)13-17/h2-13,15H,14,16H2,1H3,(H,26,28). The number of sulfone groups is 1. The first-order valence-corrected chi connectivity index (χ1v) is 11.5. The maximum absolute atomic E-state index is 13.6. The Bertz CT molecular complexity index is 1380. The van der Waals surface area contributed by atoms with Gasteiger partial charge in [0.15, 0.2) is 9.84 Å². The second kappa shape index (κ2) is 8.84. The molecule has 1 aromatic heterocycles. The fraction of sp³-hybridized carbons (Fsp3) is 0.125. The van der Waals surface area contributed by atoms with Crippen LogP contribution in [-0.4, -0.2) is 31.8 Å². The van der Waals surface area contributed by atoms with Crippen molar-refractivity contribution in [3.8, 4) is 5.75 Å². The van der Waals surface area contributed by atoms with E-state index in [9.17, 15) is 17.6 Å². The van der Waals surface area contributed by atoms with Gasteiger partial charge >= 0.3 is 0 Å². The van der Waals surface area contributed by atoms with Gasteiger partial charge in [0.2, 0.25) is 5.91 Å². The summed E-state index contributed by atoms with van der Waals surface area (Å²) in [7, 11) is -2.40. The van der Waals surface area contributed by atoms with E-state index in [1.54, 1.807) is 65.2 Å². The molecule has 0 aliphatic carbocycles. The van der Waals surface area contributed by atoms with Crippen molar-refractivity contribution in [2.24, 2.45) is 0 Å². The highest BCUT2D eigenvalue weighted by atomic mass is 32.2. The molecule has 0 spiro atoms. The van der Waals surface area contributed by atoms with Crippen LogP contribution in [0.3, 0.4) is 0 Å². The van der Waals surface area contributed by atoms with E-state index >= 15 is 0 Å². The number of nitrogens with zero attached hydrogens (tertiary/aromatic N) is 1. The molecule has 0 atom stereocenters. The highest BCUT2D eigenvalue weighted by Gasteiger charge is 2.24. The maximum atomic E-state index is 13.6. The number of carbonyl (C=O) groups excluding carboxylic acids is 1. The molecule has 1 N–H and O–H groups in total. The molecule has 1 amide bonds. The summed E-state index contributed by atoms with van der Waals surface area (Å²) in [6.45, 7) is 0.297. The Morgan fingerprint density at radius 3 is 2.50 bits per heavy atom. The zero-order chi connectivity index (χ0) is 22.7. The summed E-state index contributed by atoms with van der Waals surface area (Å²) in [5.74, 6) is -1.08. The van der Waals surface area contributed by atoms with Crippen LogP contribution in [0, 0.1) is 5.82 Å². The smallest absolute Gasteiger partial charge is 0.239 e. The molecule has 0 saturated carbocycles. The van der Waals surface area contributed by atoms with E-state index in [1.165, 1.54) is 25.4 Å². The number of rotatable bonds is 7. The Hall–Kier alpha value is -3.65. The molecule has 0 fully saturated rings. The van der Waals surface area contributed by atoms with Gasteiger partial charge in [-0.25, -0.2) is 12.8 Å². The molecule has 0 aliphatic rings. The summed E-state index contributed by atoms with van der Waals surface area (Å²) in [4.78, 5) is 12.5. The third-order valence-electron chi connectivity index (χ3n) is 5.02. The minimum atomic E-state index is -3.93. The van der Waals surface area contributed by atoms with E-state index in [-0.39, 0.29) is 10.7 Å². The average Bonchev–Trinajstić information content (AvgIpc) is 3.13. The fourth-order valence-corrected chi connectivity index (χ4v) is 4.91. The predicted octanol–water partition coefficient (Wildman–Crippen LogP) is 4.25. The van der Waals surface area contributed by atoms with Crippen LogP contribution in [0.4, 0.5) is 10.1 Å². The number of carbonyl (C=O) groups is 1. The summed E-state index contributed by atoms with van der Waals surface area (Å²) in [5.41, 5.74) is 1.86. The number of aromatic nitrogens is 1. The van der Waals surface area contributed by atoms with E-state index in [1.807, 2.05) is 0 Å². The normalized spacial score (nSPS) is 11.4. The predicted molar refractivity (Wildman–Crippen MR) is 121 cm³/mol. The molecule has 6 nitrogen and oxygen atoms in total. The minimum Gasteiger partial charge on any atom is -0.497 e. The molecule has 8 heteroatoms. The van der Waals surface area contributed by atoms with Crippen LogP contribution in [0.2, 0.25) is 0 Å². The first kappa shape index (κ1) is 21.6. The van der Waals surface area contributed by atoms with Crippen molar-refractivity contribution in [3.05, 3.63) is 90.4 Å². The molecular formula is C24H21FN2O4S. The molecule has 32 heavy (non-hydrogen) atoms. The molecule has 0 bridgehead atoms. The van der Waals surface area contributed by atoms with E-state index in [2.05, 4.69) is 5.32 Å². The van der Waals surface area contributed by atoms with Gasteiger partial charge in [-0.2, -0.15) is 0 Å². The molecule has 0 saturated heterocycles. The zero-order valence-corrected chi connectivity index (χ0v) is 18.1. The lowest BCUT2D eigenvalue weighted by Crippen LogP contribution is -2.23. The minimum absolute atomic E-state index is 0.0642. The highest BCUT2D eigenvalue weighted by molar-refractivity contribution is 7.92. The maximum Gasteiger partial charge on any atom is 0.239 e. The second-order valence-electron chi connectivity index (χ2n) is 7.30. The summed E-state index contributed by atoms with van der Waals surface area (Å²) < 4.78 is 46.6. The van der Waals surface area contributed by atoms with Crippen LogP contribution in [0.15, 0.2) is 83.9 Å². The van der Waals surface area contributed by atoms with Gasteiger partial charge < -0.3 is 14.6 Å². The highest BCUT2D eigenvalue weighted by Crippen LogP contribution is 2.27. The van der Waals surface area contributed by atoms with Crippen LogP contribution in [0.1, 0.15) is 5.56 Å². The summed E-state index contributed by atoms with van der Waals surface area (Å²) in [5, 5.41) is 3.11. The number of hydrogen-bond acceptors (Lipinski definition) is 4. The topological polar surface area (TPSA) is 77.4 Å². The van der Waals surface area contributed by atoms with Gasteiger partial charge in [-0.05, 0) is 48.0 Å². The van der Waals surface area contributed by atoms with Crippen molar-refractivity contribution < 1.29 is 22.3 Å². The van der Waals surface area contributed by atoms with E-state index < -0.39 is 21.5 Å². The summed E-state index contributed by atoms with van der Waals surface area (Å²) in [6.07, 6.45) is 1.51. The quantitative estimate of drug-likeness (QED) is 0.455. The number of anilines is 1. The van der Waals surface area contributed by atoms with E-state index in [0.29, 0.717) is 34.4 Å². The molecule has 3 aromatic carbocycles. The summed E-state index contributed by atoms with van der Waals surface area (Å²) >= 11 is 0. The van der Waals surface area contributed by atoms with Crippen LogP contribution in [0.25, 0.3) is 10.9 Å². The number of benzene rings is 3. The number of fused-ring (bicyclic) bond motifs is 1. The molecular weight excluding hydrogens is 431 g/mol. The fourth-order valence-electron chi connectivity index (χ4n) is 3.55. The van der Waals surface area contributed by atoms with Gasteiger partial charge in [0, 0.05) is 29.3 Å². The molecule has 164 valence electrons. The number of methoxy groups -OCH3 is 1. The number of halogens is 1. The van der Waals surface area contributed by atoms with Gasteiger partial charge in [0.1, 0.15) is 17.3 Å². The zero-order valence-electron chi connectivity index (χ0n) is 17.3. The third-order valence-corrected chi connectivity index (χ3v) is 6.66. The molecule has 0 radical (unpaired) electrons. The first-order valence-electron chi connectivity index (χ1n) is 9.85. The number of para-hydroxylation sites is 1. The van der Waals surface area contributed by atoms with Gasteiger partial charge in [0.25, 0.3) is 0 Å². The van der Waals surface area contributed by atoms with Crippen molar-refractivity contribution in [2.75, 3.05) is 18.2 Å². The lowest BCUT2D eigenvalue weighted by molar-refractivity contribution is -0.113. The average molecular weight is 453 g/mol. The van der Waals surface area contributed by atoms with E-state index in [4.69, 9.17) is 4.74 Å². The molecule has 0 unspecified atom stereocenters. The van der Waals surface area contributed by atoms with Crippen molar-refractivity contribution in [1.29, 1.82) is 0 Å². The number of ether oxygens (including phenoxy) is 1. The Morgan fingerprint density at radius 2 is 1.78 bits per heavy atom. The van der Waals surface area contributed by atoms with Crippen molar-refractivity contribution in [2.45, 2.75) is 11.4 Å². The van der Waals surface area contributed by atoms with Crippen LogP contribution < -0.4 is 10.1 Å². The van der Waals surface area contributed by atoms with E-state index in [0.717, 1.165) is 0 Å². The Balaban J connectivity index is 1.60. The Labute approximate surface area is 185 Å². The van der Waals surface area contributed by atoms with Gasteiger partial charge in [-0.15, -0.1) is 0 Å². The van der Waals surface area contributed by atoms with Crippen LogP contribution in [-0.2, 0) is 21.2 Å². The molecule has 1 heterocycles. The third kappa shape index (κ3) is 4.65. The lowest BCUT2D eigenvalue weighted by atomic mass is 10.2. The Kier molecular flexibility index (Phi) is 5.96. The van der Waals surface area contributed by atoms with Crippen molar-refractivity contribution in [1.82, 2.24) is 4.57 Å². The van der Waals surface area contributed by atoms with Crippen molar-refractivity contribution >= 4 is 32.3 Å². The van der Waals surface area contributed by atoms with Crippen molar-refractivity contribution in [3.63, 3.8) is 0 Å².